The highest BCUT2D eigenvalue weighted by Gasteiger charge is 2.19. The van der Waals surface area contributed by atoms with Gasteiger partial charge in [-0.25, -0.2) is 0 Å². The molecule has 2 aromatic rings. The van der Waals surface area contributed by atoms with Crippen LogP contribution < -0.4 is 11.1 Å². The van der Waals surface area contributed by atoms with E-state index in [-0.39, 0.29) is 17.8 Å². The first-order chi connectivity index (χ1) is 9.97. The zero-order chi connectivity index (χ0) is 15.4. The number of nitro groups is 1. The number of carbonyl (C=O) groups is 1. The molecule has 108 valence electrons. The maximum atomic E-state index is 12.1. The fraction of sp³-hybridized carbons (Fsp3) is 0.0714. The van der Waals surface area contributed by atoms with Crippen LogP contribution in [0.25, 0.3) is 0 Å². The highest BCUT2D eigenvalue weighted by atomic mass is 79.9. The molecule has 2 aromatic carbocycles. The number of halogens is 1. The number of nitrogen functional groups attached to an aromatic ring is 1. The average molecular weight is 350 g/mol. The highest BCUT2D eigenvalue weighted by molar-refractivity contribution is 9.10. The lowest BCUT2D eigenvalue weighted by Crippen LogP contribution is -2.23. The Morgan fingerprint density at radius 3 is 2.52 bits per heavy atom. The molecule has 7 heteroatoms. The molecule has 0 heterocycles. The van der Waals surface area contributed by atoms with Crippen LogP contribution in [0.1, 0.15) is 15.9 Å². The minimum atomic E-state index is -0.603. The van der Waals surface area contributed by atoms with Crippen LogP contribution in [0.2, 0.25) is 0 Å². The summed E-state index contributed by atoms with van der Waals surface area (Å²) in [6, 6.07) is 11.3. The van der Waals surface area contributed by atoms with Gasteiger partial charge in [0.25, 0.3) is 11.6 Å². The molecule has 0 saturated carbocycles. The molecular formula is C14H12BrN3O3. The summed E-state index contributed by atoms with van der Waals surface area (Å²) in [7, 11) is 0. The molecule has 0 spiro atoms. The van der Waals surface area contributed by atoms with Crippen molar-refractivity contribution >= 4 is 33.2 Å². The van der Waals surface area contributed by atoms with E-state index in [1.807, 2.05) is 24.3 Å². The van der Waals surface area contributed by atoms with Gasteiger partial charge in [-0.15, -0.1) is 0 Å². The van der Waals surface area contributed by atoms with Gasteiger partial charge in [0.15, 0.2) is 0 Å². The zero-order valence-electron chi connectivity index (χ0n) is 10.9. The van der Waals surface area contributed by atoms with Crippen molar-refractivity contribution < 1.29 is 9.72 Å². The van der Waals surface area contributed by atoms with Gasteiger partial charge in [0.2, 0.25) is 0 Å². The fourth-order valence-corrected chi connectivity index (χ4v) is 2.04. The van der Waals surface area contributed by atoms with Gasteiger partial charge in [-0.05, 0) is 29.8 Å². The predicted molar refractivity (Wildman–Crippen MR) is 82.8 cm³/mol. The van der Waals surface area contributed by atoms with Crippen LogP contribution in [0, 0.1) is 10.1 Å². The molecule has 6 nitrogen and oxygen atoms in total. The van der Waals surface area contributed by atoms with Gasteiger partial charge in [-0.2, -0.15) is 0 Å². The van der Waals surface area contributed by atoms with Crippen molar-refractivity contribution in [2.75, 3.05) is 5.73 Å². The lowest BCUT2D eigenvalue weighted by atomic mass is 10.1. The summed E-state index contributed by atoms with van der Waals surface area (Å²) in [5, 5.41) is 13.6. The van der Waals surface area contributed by atoms with Crippen molar-refractivity contribution in [3.8, 4) is 0 Å². The quantitative estimate of drug-likeness (QED) is 0.503. The Hall–Kier alpha value is -2.41. The van der Waals surface area contributed by atoms with Crippen molar-refractivity contribution in [3.63, 3.8) is 0 Å². The molecule has 0 unspecified atom stereocenters. The van der Waals surface area contributed by atoms with E-state index in [9.17, 15) is 14.9 Å². The molecule has 0 aliphatic carbocycles. The van der Waals surface area contributed by atoms with Gasteiger partial charge >= 0.3 is 0 Å². The van der Waals surface area contributed by atoms with E-state index in [1.165, 1.54) is 18.2 Å². The minimum absolute atomic E-state index is 0.0443. The maximum absolute atomic E-state index is 12.1. The molecule has 3 N–H and O–H groups in total. The maximum Gasteiger partial charge on any atom is 0.282 e. The number of nitrogens with one attached hydrogen (secondary N) is 1. The Balaban J connectivity index is 2.15. The third kappa shape index (κ3) is 3.79. The fourth-order valence-electron chi connectivity index (χ4n) is 1.77. The normalized spacial score (nSPS) is 10.1. The average Bonchev–Trinajstić information content (AvgIpc) is 2.46. The zero-order valence-corrected chi connectivity index (χ0v) is 12.5. The number of amides is 1. The first-order valence-corrected chi connectivity index (χ1v) is 6.83. The van der Waals surface area contributed by atoms with E-state index in [0.29, 0.717) is 5.69 Å². The van der Waals surface area contributed by atoms with Crippen LogP contribution in [0.4, 0.5) is 11.4 Å². The van der Waals surface area contributed by atoms with E-state index >= 15 is 0 Å². The van der Waals surface area contributed by atoms with Crippen LogP contribution >= 0.6 is 15.9 Å². The van der Waals surface area contributed by atoms with E-state index < -0.39 is 10.8 Å². The van der Waals surface area contributed by atoms with E-state index in [4.69, 9.17) is 5.73 Å². The van der Waals surface area contributed by atoms with Gasteiger partial charge in [-0.1, -0.05) is 28.1 Å². The van der Waals surface area contributed by atoms with Crippen LogP contribution in [-0.2, 0) is 6.54 Å². The molecule has 0 atom stereocenters. The second-order valence-corrected chi connectivity index (χ2v) is 5.26. The largest absolute Gasteiger partial charge is 0.399 e. The topological polar surface area (TPSA) is 98.3 Å². The van der Waals surface area contributed by atoms with Gasteiger partial charge in [0, 0.05) is 22.8 Å². The van der Waals surface area contributed by atoms with E-state index in [0.717, 1.165) is 10.0 Å². The Morgan fingerprint density at radius 2 is 1.90 bits per heavy atom. The minimum Gasteiger partial charge on any atom is -0.399 e. The molecule has 0 aromatic heterocycles. The molecule has 21 heavy (non-hydrogen) atoms. The SMILES string of the molecule is Nc1ccc([N+](=O)[O-])c(C(=O)NCc2ccc(Br)cc2)c1. The van der Waals surface area contributed by atoms with Crippen molar-refractivity contribution in [3.05, 3.63) is 68.2 Å². The summed E-state index contributed by atoms with van der Waals surface area (Å²) in [4.78, 5) is 22.4. The van der Waals surface area contributed by atoms with Crippen LogP contribution in [0.3, 0.4) is 0 Å². The molecular weight excluding hydrogens is 338 g/mol. The lowest BCUT2D eigenvalue weighted by molar-refractivity contribution is -0.385. The van der Waals surface area contributed by atoms with Crippen molar-refractivity contribution in [2.24, 2.45) is 0 Å². The number of hydrogen-bond acceptors (Lipinski definition) is 4. The summed E-state index contributed by atoms with van der Waals surface area (Å²) in [6.07, 6.45) is 0. The third-order valence-electron chi connectivity index (χ3n) is 2.83. The molecule has 0 bridgehead atoms. The van der Waals surface area contributed by atoms with Crippen LogP contribution in [0.15, 0.2) is 46.9 Å². The Morgan fingerprint density at radius 1 is 1.24 bits per heavy atom. The van der Waals surface area contributed by atoms with Gasteiger partial charge in [0.05, 0.1) is 4.92 Å². The monoisotopic (exact) mass is 349 g/mol. The number of carbonyl (C=O) groups excluding carboxylic acids is 1. The van der Waals surface area contributed by atoms with Gasteiger partial charge in [0.1, 0.15) is 5.56 Å². The highest BCUT2D eigenvalue weighted by Crippen LogP contribution is 2.21. The number of nitrogens with two attached hydrogens (primary N) is 1. The lowest BCUT2D eigenvalue weighted by Gasteiger charge is -2.07. The number of nitrogens with zero attached hydrogens (tertiary/aromatic N) is 1. The summed E-state index contributed by atoms with van der Waals surface area (Å²) < 4.78 is 0.934. The molecule has 2 rings (SSSR count). The Labute approximate surface area is 129 Å². The van der Waals surface area contributed by atoms with Crippen molar-refractivity contribution in [1.82, 2.24) is 5.32 Å². The van der Waals surface area contributed by atoms with Gasteiger partial charge < -0.3 is 11.1 Å². The summed E-state index contributed by atoms with van der Waals surface area (Å²) >= 11 is 3.32. The molecule has 0 radical (unpaired) electrons. The number of rotatable bonds is 4. The summed E-state index contributed by atoms with van der Waals surface area (Å²) in [5.74, 6) is -0.531. The van der Waals surface area contributed by atoms with E-state index in [2.05, 4.69) is 21.2 Å². The third-order valence-corrected chi connectivity index (χ3v) is 3.36. The predicted octanol–water partition coefficient (Wildman–Crippen LogP) is 2.87. The number of benzene rings is 2. The first-order valence-electron chi connectivity index (χ1n) is 6.04. The van der Waals surface area contributed by atoms with E-state index in [1.54, 1.807) is 0 Å². The molecule has 0 fully saturated rings. The molecule has 0 aliphatic rings. The Bertz CT molecular complexity index is 686. The smallest absolute Gasteiger partial charge is 0.282 e. The Kier molecular flexibility index (Phi) is 4.54. The summed E-state index contributed by atoms with van der Waals surface area (Å²) in [5.41, 5.74) is 6.46. The molecule has 1 amide bonds. The van der Waals surface area contributed by atoms with Crippen molar-refractivity contribution in [2.45, 2.75) is 6.54 Å². The second kappa shape index (κ2) is 6.36. The second-order valence-electron chi connectivity index (χ2n) is 4.34. The first kappa shape index (κ1) is 15.0. The number of nitro benzene ring substituents is 1. The standard InChI is InChI=1S/C14H12BrN3O3/c15-10-3-1-9(2-4-10)8-17-14(19)12-7-11(16)5-6-13(12)18(20)21/h1-7H,8,16H2,(H,17,19). The van der Waals surface area contributed by atoms with Crippen molar-refractivity contribution in [1.29, 1.82) is 0 Å². The number of hydrogen-bond donors (Lipinski definition) is 2. The number of anilines is 1. The summed E-state index contributed by atoms with van der Waals surface area (Å²) in [6.45, 7) is 0.276. The van der Waals surface area contributed by atoms with Gasteiger partial charge in [-0.3, -0.25) is 14.9 Å². The van der Waals surface area contributed by atoms with Crippen LogP contribution in [0.5, 0.6) is 0 Å². The molecule has 0 aliphatic heterocycles. The molecule has 0 saturated heterocycles. The van der Waals surface area contributed by atoms with Crippen LogP contribution in [-0.4, -0.2) is 10.8 Å².